The molecule has 0 saturated carbocycles. The van der Waals surface area contributed by atoms with Gasteiger partial charge in [0, 0.05) is 36.6 Å². The molecule has 5 rings (SSSR count). The van der Waals surface area contributed by atoms with Gasteiger partial charge in [0.1, 0.15) is 0 Å². The van der Waals surface area contributed by atoms with E-state index in [4.69, 9.17) is 0 Å². The van der Waals surface area contributed by atoms with E-state index < -0.39 is 10.0 Å². The van der Waals surface area contributed by atoms with Crippen LogP contribution in [0.4, 0.5) is 0 Å². The van der Waals surface area contributed by atoms with Crippen molar-refractivity contribution in [2.24, 2.45) is 0 Å². The zero-order valence-electron chi connectivity index (χ0n) is 16.5. The largest absolute Gasteiger partial charge is 0.334 e. The summed E-state index contributed by atoms with van der Waals surface area (Å²) in [5, 5.41) is 2.06. The molecule has 2 aromatic carbocycles. The van der Waals surface area contributed by atoms with Crippen LogP contribution < -0.4 is 0 Å². The van der Waals surface area contributed by atoms with Gasteiger partial charge in [-0.05, 0) is 59.2 Å². The van der Waals surface area contributed by atoms with Gasteiger partial charge in [-0.3, -0.25) is 4.79 Å². The summed E-state index contributed by atoms with van der Waals surface area (Å²) in [5.41, 5.74) is 3.85. The van der Waals surface area contributed by atoms with Gasteiger partial charge in [0.2, 0.25) is 10.0 Å². The first kappa shape index (κ1) is 19.5. The van der Waals surface area contributed by atoms with Crippen LogP contribution in [0.3, 0.4) is 0 Å². The van der Waals surface area contributed by atoms with Crippen LogP contribution in [0.25, 0.3) is 0 Å². The lowest BCUT2D eigenvalue weighted by molar-refractivity contribution is 0.0735. The Hall–Kier alpha value is -2.48. The Morgan fingerprint density at radius 2 is 1.70 bits per heavy atom. The van der Waals surface area contributed by atoms with Crippen molar-refractivity contribution in [3.05, 3.63) is 87.1 Å². The van der Waals surface area contributed by atoms with Gasteiger partial charge in [-0.25, -0.2) is 8.42 Å². The van der Waals surface area contributed by atoms with Crippen molar-refractivity contribution in [2.75, 3.05) is 13.1 Å². The van der Waals surface area contributed by atoms with E-state index >= 15 is 0 Å². The van der Waals surface area contributed by atoms with Crippen LogP contribution in [0.5, 0.6) is 0 Å². The van der Waals surface area contributed by atoms with Crippen LogP contribution in [0.2, 0.25) is 0 Å². The molecule has 0 spiro atoms. The summed E-state index contributed by atoms with van der Waals surface area (Å²) in [6.07, 6.45) is 1.55. The Morgan fingerprint density at radius 1 is 0.867 bits per heavy atom. The minimum Gasteiger partial charge on any atom is -0.334 e. The van der Waals surface area contributed by atoms with Gasteiger partial charge < -0.3 is 4.90 Å². The monoisotopic (exact) mass is 438 g/mol. The Labute approximate surface area is 180 Å². The lowest BCUT2D eigenvalue weighted by Crippen LogP contribution is -2.37. The first-order valence-electron chi connectivity index (χ1n) is 10.0. The van der Waals surface area contributed by atoms with Crippen molar-refractivity contribution in [1.29, 1.82) is 0 Å². The van der Waals surface area contributed by atoms with Gasteiger partial charge in [0.15, 0.2) is 0 Å². The van der Waals surface area contributed by atoms with Crippen molar-refractivity contribution in [3.63, 3.8) is 0 Å². The molecule has 0 aliphatic carbocycles. The highest BCUT2D eigenvalue weighted by Crippen LogP contribution is 2.27. The van der Waals surface area contributed by atoms with Crippen LogP contribution in [0.15, 0.2) is 64.9 Å². The summed E-state index contributed by atoms with van der Waals surface area (Å²) in [5.74, 6) is -0.118. The fourth-order valence-corrected chi connectivity index (χ4v) is 6.57. The quantitative estimate of drug-likeness (QED) is 0.627. The zero-order chi connectivity index (χ0) is 20.7. The van der Waals surface area contributed by atoms with Crippen molar-refractivity contribution in [1.82, 2.24) is 9.21 Å². The first-order valence-corrected chi connectivity index (χ1v) is 12.4. The average molecular weight is 439 g/mol. The molecule has 5 nitrogen and oxygen atoms in total. The lowest BCUT2D eigenvalue weighted by Gasteiger charge is -2.29. The number of hydrogen-bond donors (Lipinski definition) is 0. The third-order valence-electron chi connectivity index (χ3n) is 5.91. The fraction of sp³-hybridized carbons (Fsp3) is 0.261. The van der Waals surface area contributed by atoms with Crippen LogP contribution in [0, 0.1) is 0 Å². The number of rotatable bonds is 3. The molecule has 0 unspecified atom stereocenters. The van der Waals surface area contributed by atoms with Crippen LogP contribution in [0.1, 0.15) is 31.9 Å². The fourth-order valence-electron chi connectivity index (χ4n) is 4.22. The molecule has 2 aliphatic rings. The molecule has 0 saturated heterocycles. The van der Waals surface area contributed by atoms with E-state index in [1.807, 2.05) is 18.2 Å². The number of sulfonamides is 1. The molecule has 1 amide bonds. The van der Waals surface area contributed by atoms with Gasteiger partial charge >= 0.3 is 0 Å². The number of fused-ring (bicyclic) bond motifs is 2. The number of benzene rings is 2. The summed E-state index contributed by atoms with van der Waals surface area (Å²) >= 11 is 1.73. The van der Waals surface area contributed by atoms with E-state index in [1.54, 1.807) is 34.4 Å². The molecule has 0 fully saturated rings. The van der Waals surface area contributed by atoms with Gasteiger partial charge in [-0.15, -0.1) is 11.3 Å². The zero-order valence-corrected chi connectivity index (χ0v) is 18.1. The Kier molecular flexibility index (Phi) is 4.97. The topological polar surface area (TPSA) is 57.7 Å². The van der Waals surface area contributed by atoms with E-state index in [0.29, 0.717) is 38.2 Å². The van der Waals surface area contributed by atoms with Crippen molar-refractivity contribution >= 4 is 27.3 Å². The predicted molar refractivity (Wildman–Crippen MR) is 117 cm³/mol. The van der Waals surface area contributed by atoms with Crippen LogP contribution in [-0.4, -0.2) is 36.6 Å². The number of carbonyl (C=O) groups is 1. The summed E-state index contributed by atoms with van der Waals surface area (Å²) in [6, 6.07) is 16.5. The molecule has 3 heterocycles. The lowest BCUT2D eigenvalue weighted by atomic mass is 10.0. The predicted octanol–water partition coefficient (Wildman–Crippen LogP) is 3.69. The third-order valence-corrected chi connectivity index (χ3v) is 8.77. The highest BCUT2D eigenvalue weighted by Gasteiger charge is 2.29. The highest BCUT2D eigenvalue weighted by molar-refractivity contribution is 7.89. The molecule has 0 radical (unpaired) electrons. The second-order valence-corrected chi connectivity index (χ2v) is 10.7. The van der Waals surface area contributed by atoms with Crippen LogP contribution in [-0.2, 0) is 36.0 Å². The molecular formula is C23H22N2O3S2. The van der Waals surface area contributed by atoms with E-state index in [0.717, 1.165) is 12.0 Å². The maximum absolute atomic E-state index is 13.3. The van der Waals surface area contributed by atoms with Crippen molar-refractivity contribution < 1.29 is 13.2 Å². The van der Waals surface area contributed by atoms with Gasteiger partial charge in [0.25, 0.3) is 5.91 Å². The molecule has 154 valence electrons. The van der Waals surface area contributed by atoms with E-state index in [1.165, 1.54) is 26.4 Å². The Bertz CT molecular complexity index is 1220. The first-order chi connectivity index (χ1) is 14.5. The Balaban J connectivity index is 1.39. The molecular weight excluding hydrogens is 416 g/mol. The minimum absolute atomic E-state index is 0.118. The number of carbonyl (C=O) groups excluding carboxylic acids is 1. The minimum atomic E-state index is -3.67. The normalized spacial score (nSPS) is 16.7. The standard InChI is InChI=1S/C23H22N2O3S2/c26-23(24-11-9-22-20(15-24)10-13-29-22)18-6-3-7-21(14-18)30(27,28)25-12-8-17-4-1-2-5-19(17)16-25/h1-7,10,13-14H,8-9,11-12,15-16H2. The number of nitrogens with zero attached hydrogens (tertiary/aromatic N) is 2. The van der Waals surface area contributed by atoms with E-state index in [2.05, 4.69) is 17.5 Å². The molecule has 0 N–H and O–H groups in total. The Morgan fingerprint density at radius 3 is 2.57 bits per heavy atom. The van der Waals surface area contributed by atoms with Gasteiger partial charge in [-0.2, -0.15) is 4.31 Å². The molecule has 1 aromatic heterocycles. The summed E-state index contributed by atoms with van der Waals surface area (Å²) in [4.78, 5) is 16.4. The van der Waals surface area contributed by atoms with Crippen molar-refractivity contribution in [3.8, 4) is 0 Å². The summed E-state index contributed by atoms with van der Waals surface area (Å²) in [6.45, 7) is 2.05. The van der Waals surface area contributed by atoms with E-state index in [-0.39, 0.29) is 10.8 Å². The molecule has 3 aromatic rings. The molecule has 2 aliphatic heterocycles. The number of thiophene rings is 1. The highest BCUT2D eigenvalue weighted by atomic mass is 32.2. The average Bonchev–Trinajstić information content (AvgIpc) is 3.26. The van der Waals surface area contributed by atoms with E-state index in [9.17, 15) is 13.2 Å². The smallest absolute Gasteiger partial charge is 0.254 e. The summed E-state index contributed by atoms with van der Waals surface area (Å²) in [7, 11) is -3.67. The summed E-state index contributed by atoms with van der Waals surface area (Å²) < 4.78 is 28.1. The molecule has 0 bridgehead atoms. The van der Waals surface area contributed by atoms with Gasteiger partial charge in [-0.1, -0.05) is 30.3 Å². The van der Waals surface area contributed by atoms with Crippen molar-refractivity contribution in [2.45, 2.75) is 30.8 Å². The number of hydrogen-bond acceptors (Lipinski definition) is 4. The SMILES string of the molecule is O=C(c1cccc(S(=O)(=O)N2CCc3ccccc3C2)c1)N1CCc2sccc2C1. The maximum Gasteiger partial charge on any atom is 0.254 e. The number of amides is 1. The van der Waals surface area contributed by atoms with Gasteiger partial charge in [0.05, 0.1) is 4.90 Å². The van der Waals surface area contributed by atoms with Crippen LogP contribution >= 0.6 is 11.3 Å². The third kappa shape index (κ3) is 3.47. The second kappa shape index (κ2) is 7.65. The molecule has 0 atom stereocenters. The molecule has 7 heteroatoms. The molecule has 30 heavy (non-hydrogen) atoms. The maximum atomic E-state index is 13.3. The second-order valence-electron chi connectivity index (χ2n) is 7.73.